The summed E-state index contributed by atoms with van der Waals surface area (Å²) in [5, 5.41) is 11.6. The number of morpholine rings is 1. The molecule has 1 atom stereocenters. The van der Waals surface area contributed by atoms with Crippen molar-refractivity contribution in [2.24, 2.45) is 0 Å². The average Bonchev–Trinajstić information content (AvgIpc) is 3.26. The van der Waals surface area contributed by atoms with Gasteiger partial charge in [-0.05, 0) is 61.2 Å². The molecule has 0 unspecified atom stereocenters. The molecular formula is C32H42N2O8. The summed E-state index contributed by atoms with van der Waals surface area (Å²) in [4.78, 5) is 30.9. The van der Waals surface area contributed by atoms with Crippen molar-refractivity contribution in [3.05, 3.63) is 52.6 Å². The van der Waals surface area contributed by atoms with E-state index in [0.717, 1.165) is 38.0 Å². The zero-order chi connectivity index (χ0) is 30.2. The van der Waals surface area contributed by atoms with Crippen LogP contribution in [-0.2, 0) is 14.3 Å². The largest absolute Gasteiger partial charge is 0.507 e. The van der Waals surface area contributed by atoms with Crippen LogP contribution >= 0.6 is 0 Å². The van der Waals surface area contributed by atoms with Crippen molar-refractivity contribution >= 4 is 17.4 Å². The van der Waals surface area contributed by atoms with E-state index in [9.17, 15) is 14.7 Å². The lowest BCUT2D eigenvalue weighted by Crippen LogP contribution is -2.39. The number of aliphatic hydroxyl groups excluding tert-OH is 1. The minimum absolute atomic E-state index is 0.0136. The number of methoxy groups -OCH3 is 3. The highest BCUT2D eigenvalue weighted by Gasteiger charge is 2.46. The van der Waals surface area contributed by atoms with E-state index in [1.807, 2.05) is 6.92 Å². The van der Waals surface area contributed by atoms with E-state index in [1.165, 1.54) is 26.2 Å². The first kappa shape index (κ1) is 31.2. The first-order valence-corrected chi connectivity index (χ1v) is 14.5. The van der Waals surface area contributed by atoms with Crippen molar-refractivity contribution in [3.63, 3.8) is 0 Å². The summed E-state index contributed by atoms with van der Waals surface area (Å²) in [7, 11) is 4.52. The molecule has 0 aromatic heterocycles. The van der Waals surface area contributed by atoms with Gasteiger partial charge in [-0.25, -0.2) is 0 Å². The molecular weight excluding hydrogens is 540 g/mol. The molecule has 2 aromatic rings. The fourth-order valence-electron chi connectivity index (χ4n) is 5.45. The summed E-state index contributed by atoms with van der Waals surface area (Å²) in [5.41, 5.74) is 1.82. The minimum atomic E-state index is -0.857. The number of unbranched alkanes of at least 4 members (excludes halogenated alkanes) is 1. The molecule has 0 radical (unpaired) electrons. The molecule has 42 heavy (non-hydrogen) atoms. The predicted molar refractivity (Wildman–Crippen MR) is 159 cm³/mol. The Morgan fingerprint density at radius 1 is 0.952 bits per heavy atom. The zero-order valence-corrected chi connectivity index (χ0v) is 25.2. The number of likely N-dealkylation sites (tertiary alicyclic amines) is 1. The molecule has 0 bridgehead atoms. The van der Waals surface area contributed by atoms with E-state index < -0.39 is 17.7 Å². The topological polar surface area (TPSA) is 107 Å². The van der Waals surface area contributed by atoms with Gasteiger partial charge in [-0.3, -0.25) is 14.5 Å². The molecule has 2 aliphatic heterocycles. The maximum Gasteiger partial charge on any atom is 0.295 e. The fraction of sp³-hybridized carbons (Fsp3) is 0.500. The quantitative estimate of drug-likeness (QED) is 0.160. The van der Waals surface area contributed by atoms with Crippen molar-refractivity contribution in [3.8, 4) is 23.0 Å². The smallest absolute Gasteiger partial charge is 0.295 e. The Hall–Kier alpha value is -3.76. The second-order valence-corrected chi connectivity index (χ2v) is 10.4. The van der Waals surface area contributed by atoms with Gasteiger partial charge in [0.15, 0.2) is 11.5 Å². The second-order valence-electron chi connectivity index (χ2n) is 10.4. The van der Waals surface area contributed by atoms with Gasteiger partial charge < -0.3 is 33.7 Å². The van der Waals surface area contributed by atoms with Crippen LogP contribution < -0.4 is 18.9 Å². The highest BCUT2D eigenvalue weighted by Crippen LogP contribution is 2.46. The van der Waals surface area contributed by atoms with E-state index in [2.05, 4.69) is 11.8 Å². The Kier molecular flexibility index (Phi) is 10.7. The lowest BCUT2D eigenvalue weighted by molar-refractivity contribution is -0.140. The third-order valence-corrected chi connectivity index (χ3v) is 7.72. The Labute approximate surface area is 247 Å². The SMILES string of the molecule is CCCCOc1ccc(C(O)=C2C(=O)C(=O)N(CCCN3CCOCC3)[C@H]2c2cc(OC)c(OC)c(OC)c2)cc1C. The summed E-state index contributed by atoms with van der Waals surface area (Å²) in [6, 6.07) is 7.85. The van der Waals surface area contributed by atoms with E-state index in [1.54, 1.807) is 30.3 Å². The van der Waals surface area contributed by atoms with Crippen LogP contribution in [0.2, 0.25) is 0 Å². The molecule has 1 N–H and O–H groups in total. The van der Waals surface area contributed by atoms with Crippen LogP contribution in [-0.4, -0.2) is 93.9 Å². The number of benzene rings is 2. The molecule has 4 rings (SSSR count). The standard InChI is InChI=1S/C32H42N2O8/c1-6-7-15-42-24-10-9-22(18-21(24)2)29(35)27-28(23-19-25(38-3)31(40-5)26(20-23)39-4)34(32(37)30(27)36)12-8-11-33-13-16-41-17-14-33/h9-10,18-20,28,35H,6-8,11-17H2,1-5H3/t28-/m0/s1. The molecule has 10 nitrogen and oxygen atoms in total. The van der Waals surface area contributed by atoms with E-state index in [4.69, 9.17) is 23.7 Å². The number of hydrogen-bond acceptors (Lipinski definition) is 9. The Bertz CT molecular complexity index is 1280. The minimum Gasteiger partial charge on any atom is -0.507 e. The van der Waals surface area contributed by atoms with Gasteiger partial charge in [0.05, 0.1) is 52.8 Å². The van der Waals surface area contributed by atoms with Crippen LogP contribution in [0.5, 0.6) is 23.0 Å². The predicted octanol–water partition coefficient (Wildman–Crippen LogP) is 4.34. The number of Topliss-reactive ketones (excluding diaryl/α,β-unsaturated/α-hetero) is 1. The first-order chi connectivity index (χ1) is 20.3. The van der Waals surface area contributed by atoms with Gasteiger partial charge in [-0.1, -0.05) is 13.3 Å². The van der Waals surface area contributed by atoms with Gasteiger partial charge in [-0.2, -0.15) is 0 Å². The Morgan fingerprint density at radius 2 is 1.64 bits per heavy atom. The number of ketones is 1. The van der Waals surface area contributed by atoms with Crippen LogP contribution in [0.1, 0.15) is 48.9 Å². The zero-order valence-electron chi connectivity index (χ0n) is 25.2. The molecule has 10 heteroatoms. The van der Waals surface area contributed by atoms with Gasteiger partial charge >= 0.3 is 0 Å². The monoisotopic (exact) mass is 582 g/mol. The molecule has 2 aromatic carbocycles. The van der Waals surface area contributed by atoms with Gasteiger partial charge in [0, 0.05) is 31.7 Å². The van der Waals surface area contributed by atoms with Crippen molar-refractivity contribution < 1.29 is 38.4 Å². The number of nitrogens with zero attached hydrogens (tertiary/aromatic N) is 2. The summed E-state index contributed by atoms with van der Waals surface area (Å²) >= 11 is 0. The molecule has 0 saturated carbocycles. The number of aliphatic hydroxyl groups is 1. The lowest BCUT2D eigenvalue weighted by Gasteiger charge is -2.29. The molecule has 2 saturated heterocycles. The first-order valence-electron chi connectivity index (χ1n) is 14.5. The van der Waals surface area contributed by atoms with Crippen LogP contribution in [0, 0.1) is 6.92 Å². The van der Waals surface area contributed by atoms with E-state index in [0.29, 0.717) is 66.9 Å². The lowest BCUT2D eigenvalue weighted by atomic mass is 9.94. The number of rotatable bonds is 13. The normalized spacial score (nSPS) is 18.8. The molecule has 0 aliphatic carbocycles. The molecule has 2 aliphatic rings. The maximum atomic E-state index is 13.6. The van der Waals surface area contributed by atoms with Crippen molar-refractivity contribution in [2.45, 2.75) is 39.2 Å². The highest BCUT2D eigenvalue weighted by molar-refractivity contribution is 6.46. The van der Waals surface area contributed by atoms with Crippen LogP contribution in [0.3, 0.4) is 0 Å². The molecule has 2 fully saturated rings. The number of amides is 1. The molecule has 2 heterocycles. The third kappa shape index (κ3) is 6.65. The number of ether oxygens (including phenoxy) is 5. The molecule has 228 valence electrons. The Balaban J connectivity index is 1.76. The number of hydrogen-bond donors (Lipinski definition) is 1. The average molecular weight is 583 g/mol. The maximum absolute atomic E-state index is 13.6. The van der Waals surface area contributed by atoms with Crippen LogP contribution in [0.4, 0.5) is 0 Å². The van der Waals surface area contributed by atoms with Crippen molar-refractivity contribution in [2.75, 3.05) is 67.3 Å². The van der Waals surface area contributed by atoms with Gasteiger partial charge in [0.2, 0.25) is 5.75 Å². The van der Waals surface area contributed by atoms with Crippen LogP contribution in [0.15, 0.2) is 35.9 Å². The van der Waals surface area contributed by atoms with Gasteiger partial charge in [-0.15, -0.1) is 0 Å². The fourth-order valence-corrected chi connectivity index (χ4v) is 5.45. The summed E-state index contributed by atoms with van der Waals surface area (Å²) < 4.78 is 28.0. The number of carbonyl (C=O) groups is 2. The second kappa shape index (κ2) is 14.4. The summed E-state index contributed by atoms with van der Waals surface area (Å²) in [6.45, 7) is 8.67. The number of carbonyl (C=O) groups excluding carboxylic acids is 2. The molecule has 1 amide bonds. The van der Waals surface area contributed by atoms with Crippen molar-refractivity contribution in [1.29, 1.82) is 0 Å². The Morgan fingerprint density at radius 3 is 2.24 bits per heavy atom. The highest BCUT2D eigenvalue weighted by atomic mass is 16.5. The van der Waals surface area contributed by atoms with E-state index in [-0.39, 0.29) is 11.3 Å². The third-order valence-electron chi connectivity index (χ3n) is 7.72. The van der Waals surface area contributed by atoms with E-state index >= 15 is 0 Å². The van der Waals surface area contributed by atoms with Gasteiger partial charge in [0.25, 0.3) is 11.7 Å². The number of aryl methyl sites for hydroxylation is 1. The van der Waals surface area contributed by atoms with Crippen LogP contribution in [0.25, 0.3) is 5.76 Å². The summed E-state index contributed by atoms with van der Waals surface area (Å²) in [5.74, 6) is 0.232. The van der Waals surface area contributed by atoms with Crippen molar-refractivity contribution in [1.82, 2.24) is 9.80 Å². The molecule has 0 spiro atoms. The van der Waals surface area contributed by atoms with Gasteiger partial charge in [0.1, 0.15) is 11.5 Å². The summed E-state index contributed by atoms with van der Waals surface area (Å²) in [6.07, 6.45) is 2.60.